The molecule has 41 heavy (non-hydrogen) atoms. The summed E-state index contributed by atoms with van der Waals surface area (Å²) in [4.78, 5) is 30.8. The van der Waals surface area contributed by atoms with Crippen molar-refractivity contribution in [1.82, 2.24) is 30.4 Å². The average molecular weight is 573 g/mol. The Morgan fingerprint density at radius 3 is 2.56 bits per heavy atom. The number of amides is 2. The second-order valence-electron chi connectivity index (χ2n) is 11.4. The molecule has 11 heteroatoms. The number of carbonyl (C=O) groups is 2. The lowest BCUT2D eigenvalue weighted by molar-refractivity contribution is -0.133. The molecule has 1 atom stereocenters. The fourth-order valence-corrected chi connectivity index (χ4v) is 4.73. The summed E-state index contributed by atoms with van der Waals surface area (Å²) in [5.74, 6) is -2.98. The molecule has 2 saturated carbocycles. The van der Waals surface area contributed by atoms with Crippen molar-refractivity contribution in [1.29, 1.82) is 0 Å². The summed E-state index contributed by atoms with van der Waals surface area (Å²) in [7, 11) is 0. The van der Waals surface area contributed by atoms with E-state index in [9.17, 15) is 18.4 Å². The Bertz CT molecular complexity index is 1260. The van der Waals surface area contributed by atoms with Crippen LogP contribution >= 0.6 is 0 Å². The van der Waals surface area contributed by atoms with Gasteiger partial charge in [-0.3, -0.25) is 14.3 Å². The number of nitrogens with one attached hydrogen (secondary N) is 3. The zero-order chi connectivity index (χ0) is 29.2. The van der Waals surface area contributed by atoms with Gasteiger partial charge in [0.1, 0.15) is 5.69 Å². The number of ether oxygens (including phenoxy) is 1. The monoisotopic (exact) mass is 572 g/mol. The fourth-order valence-electron chi connectivity index (χ4n) is 4.73. The van der Waals surface area contributed by atoms with Gasteiger partial charge in [-0.1, -0.05) is 25.3 Å². The molecule has 3 N–H and O–H groups in total. The minimum Gasteiger partial charge on any atom is -0.376 e. The highest BCUT2D eigenvalue weighted by molar-refractivity contribution is 5.92. The number of alkyl halides is 2. The van der Waals surface area contributed by atoms with Crippen molar-refractivity contribution in [3.05, 3.63) is 48.0 Å². The topological polar surface area (TPSA) is 114 Å². The molecule has 1 aromatic carbocycles. The number of hydrogen-bond donors (Lipinski definition) is 3. The summed E-state index contributed by atoms with van der Waals surface area (Å²) in [6.45, 7) is 5.81. The van der Waals surface area contributed by atoms with E-state index in [1.54, 1.807) is 23.3 Å². The minimum atomic E-state index is -2.56. The minimum absolute atomic E-state index is 0.0737. The first kappa shape index (κ1) is 30.6. The van der Waals surface area contributed by atoms with Gasteiger partial charge in [-0.2, -0.15) is 5.10 Å². The van der Waals surface area contributed by atoms with E-state index in [0.717, 1.165) is 36.0 Å². The first-order chi connectivity index (χ1) is 19.7. The van der Waals surface area contributed by atoms with Gasteiger partial charge in [-0.25, -0.2) is 13.8 Å². The van der Waals surface area contributed by atoms with E-state index in [1.807, 2.05) is 32.0 Å². The largest absolute Gasteiger partial charge is 0.376 e. The van der Waals surface area contributed by atoms with Gasteiger partial charge in [-0.15, -0.1) is 0 Å². The molecule has 2 aliphatic carbocycles. The standard InChI is InChI=1S/C14H15F2N3O.C13H21N3O2.C3H6/c15-14(16)5-10(6-14)4-13(20)17-7-9-1-2-11-12(3-9)19-8-18-11;1-10(2)16-12(6-7-15-16)13(17)14-9-11-5-3-4-8-18-11;1-2-3-1/h1-3,8,10H,4-7H2,(H,17,20)(H,18,19);6-7,10-11H,3-5,8-9H2,1-2H3,(H,14,17);1-3H2. The van der Waals surface area contributed by atoms with Crippen LogP contribution in [0.3, 0.4) is 0 Å². The zero-order valence-electron chi connectivity index (χ0n) is 24.0. The molecule has 1 aliphatic heterocycles. The van der Waals surface area contributed by atoms with Crippen molar-refractivity contribution < 1.29 is 23.1 Å². The maximum absolute atomic E-state index is 12.7. The van der Waals surface area contributed by atoms with Crippen molar-refractivity contribution in [3.63, 3.8) is 0 Å². The van der Waals surface area contributed by atoms with Gasteiger partial charge in [-0.05, 0) is 62.8 Å². The SMILES string of the molecule is C1CC1.CC(C)n1nccc1C(=O)NCC1CCCCO1.O=C(CC1CC(F)(F)C1)NCc1ccc2nc[nH]c2c1. The number of aromatic amines is 1. The highest BCUT2D eigenvalue weighted by Crippen LogP contribution is 2.43. The molecular formula is C30H42F2N6O3. The van der Waals surface area contributed by atoms with Crippen LogP contribution in [0.4, 0.5) is 8.78 Å². The van der Waals surface area contributed by atoms with E-state index in [4.69, 9.17) is 4.74 Å². The summed E-state index contributed by atoms with van der Waals surface area (Å²) in [6, 6.07) is 7.62. The number of aromatic nitrogens is 4. The van der Waals surface area contributed by atoms with Crippen LogP contribution in [-0.4, -0.2) is 56.7 Å². The second kappa shape index (κ2) is 14.5. The Labute approximate surface area is 239 Å². The molecule has 2 amide bonds. The van der Waals surface area contributed by atoms with Crippen LogP contribution in [0, 0.1) is 5.92 Å². The number of halogens is 2. The Morgan fingerprint density at radius 2 is 1.90 bits per heavy atom. The van der Waals surface area contributed by atoms with E-state index >= 15 is 0 Å². The Kier molecular flexibility index (Phi) is 10.8. The zero-order valence-corrected chi connectivity index (χ0v) is 24.0. The Balaban J connectivity index is 0.000000172. The van der Waals surface area contributed by atoms with Gasteiger partial charge < -0.3 is 20.4 Å². The third-order valence-electron chi connectivity index (χ3n) is 7.13. The van der Waals surface area contributed by atoms with Crippen LogP contribution in [0.1, 0.15) is 93.7 Å². The number of carbonyl (C=O) groups excluding carboxylic acids is 2. The van der Waals surface area contributed by atoms with Gasteiger partial charge in [0.05, 0.1) is 23.5 Å². The van der Waals surface area contributed by atoms with Gasteiger partial charge in [0.2, 0.25) is 11.8 Å². The molecule has 1 unspecified atom stereocenters. The van der Waals surface area contributed by atoms with Crippen LogP contribution in [0.15, 0.2) is 36.8 Å². The van der Waals surface area contributed by atoms with Gasteiger partial charge >= 0.3 is 0 Å². The fraction of sp³-hybridized carbons (Fsp3) is 0.600. The Morgan fingerprint density at radius 1 is 1.12 bits per heavy atom. The third-order valence-corrected chi connectivity index (χ3v) is 7.13. The van der Waals surface area contributed by atoms with E-state index < -0.39 is 5.92 Å². The second-order valence-corrected chi connectivity index (χ2v) is 11.4. The van der Waals surface area contributed by atoms with E-state index in [1.165, 1.54) is 25.7 Å². The molecule has 2 aromatic heterocycles. The number of benzene rings is 1. The van der Waals surface area contributed by atoms with Crippen LogP contribution in [0.25, 0.3) is 11.0 Å². The third kappa shape index (κ3) is 9.91. The van der Waals surface area contributed by atoms with Gasteiger partial charge in [0.15, 0.2) is 0 Å². The summed E-state index contributed by atoms with van der Waals surface area (Å²) in [6.07, 6.45) is 11.1. The quantitative estimate of drug-likeness (QED) is 0.328. The number of hydrogen-bond acceptors (Lipinski definition) is 5. The summed E-state index contributed by atoms with van der Waals surface area (Å²) >= 11 is 0. The van der Waals surface area contributed by atoms with Crippen molar-refractivity contribution in [2.75, 3.05) is 13.2 Å². The predicted molar refractivity (Wildman–Crippen MR) is 153 cm³/mol. The maximum atomic E-state index is 12.7. The average Bonchev–Trinajstić information content (AvgIpc) is 3.60. The van der Waals surface area contributed by atoms with Gasteiger partial charge in [0.25, 0.3) is 5.91 Å². The normalized spacial score (nSPS) is 19.3. The van der Waals surface area contributed by atoms with Gasteiger partial charge in [0, 0.05) is 51.2 Å². The van der Waals surface area contributed by atoms with Crippen LogP contribution < -0.4 is 10.6 Å². The Hall–Kier alpha value is -3.34. The number of nitrogens with zero attached hydrogens (tertiary/aromatic N) is 3. The van der Waals surface area contributed by atoms with E-state index in [0.29, 0.717) is 18.8 Å². The summed E-state index contributed by atoms with van der Waals surface area (Å²) in [5.41, 5.74) is 3.35. The summed E-state index contributed by atoms with van der Waals surface area (Å²) < 4.78 is 32.7. The molecule has 224 valence electrons. The molecular weight excluding hydrogens is 530 g/mol. The molecule has 3 fully saturated rings. The van der Waals surface area contributed by atoms with Crippen LogP contribution in [0.5, 0.6) is 0 Å². The van der Waals surface area contributed by atoms with Crippen LogP contribution in [-0.2, 0) is 16.1 Å². The smallest absolute Gasteiger partial charge is 0.269 e. The molecule has 3 aromatic rings. The molecule has 1 saturated heterocycles. The number of fused-ring (bicyclic) bond motifs is 1. The lowest BCUT2D eigenvalue weighted by atomic mass is 9.79. The molecule has 9 nitrogen and oxygen atoms in total. The lowest BCUT2D eigenvalue weighted by Gasteiger charge is -2.34. The maximum Gasteiger partial charge on any atom is 0.269 e. The molecule has 0 spiro atoms. The van der Waals surface area contributed by atoms with Crippen molar-refractivity contribution in [2.45, 2.75) is 96.2 Å². The van der Waals surface area contributed by atoms with E-state index in [2.05, 4.69) is 25.7 Å². The molecule has 6 rings (SSSR count). The predicted octanol–water partition coefficient (Wildman–Crippen LogP) is 5.55. The highest BCUT2D eigenvalue weighted by Gasteiger charge is 2.45. The van der Waals surface area contributed by atoms with Crippen LogP contribution in [0.2, 0.25) is 0 Å². The van der Waals surface area contributed by atoms with Crippen molar-refractivity contribution in [3.8, 4) is 0 Å². The molecule has 0 radical (unpaired) electrons. The molecule has 0 bridgehead atoms. The summed E-state index contributed by atoms with van der Waals surface area (Å²) in [5, 5.41) is 9.85. The number of rotatable bonds is 8. The highest BCUT2D eigenvalue weighted by atomic mass is 19.3. The molecule has 3 heterocycles. The first-order valence-electron chi connectivity index (χ1n) is 14.7. The van der Waals surface area contributed by atoms with Crippen molar-refractivity contribution in [2.24, 2.45) is 5.92 Å². The first-order valence-corrected chi connectivity index (χ1v) is 14.7. The number of imidazole rings is 1. The van der Waals surface area contributed by atoms with Crippen molar-refractivity contribution >= 4 is 22.8 Å². The molecule has 3 aliphatic rings. The van der Waals surface area contributed by atoms with E-state index in [-0.39, 0.29) is 49.1 Å². The number of H-pyrrole nitrogens is 1. The lowest BCUT2D eigenvalue weighted by Crippen LogP contribution is -2.38.